The van der Waals surface area contributed by atoms with Crippen LogP contribution in [-0.4, -0.2) is 37.6 Å². The van der Waals surface area contributed by atoms with E-state index in [9.17, 15) is 0 Å². The highest BCUT2D eigenvalue weighted by atomic mass is 15.2. The smallest absolute Gasteiger partial charge is 0.0606 e. The molecule has 0 radical (unpaired) electrons. The molecule has 0 amide bonds. The lowest BCUT2D eigenvalue weighted by atomic mass is 9.82. The van der Waals surface area contributed by atoms with Crippen LogP contribution in [0.5, 0.6) is 0 Å². The summed E-state index contributed by atoms with van der Waals surface area (Å²) in [5, 5.41) is 3.36. The Hall–Kier alpha value is -1.30. The zero-order valence-electron chi connectivity index (χ0n) is 13.0. The zero-order valence-corrected chi connectivity index (χ0v) is 13.0. The molecule has 0 spiro atoms. The first-order valence-corrected chi connectivity index (χ1v) is 7.64. The number of hydrogen-bond donors (Lipinski definition) is 1. The van der Waals surface area contributed by atoms with Crippen LogP contribution in [0.1, 0.15) is 38.3 Å². The Bertz CT molecular complexity index is 470. The largest absolute Gasteiger partial charge is 0.314 e. The predicted octanol–water partition coefficient (Wildman–Crippen LogP) is 2.63. The van der Waals surface area contributed by atoms with E-state index in [1.807, 2.05) is 0 Å². The van der Waals surface area contributed by atoms with Gasteiger partial charge in [-0.3, -0.25) is 4.90 Å². The molecule has 2 heteroatoms. The summed E-state index contributed by atoms with van der Waals surface area (Å²) in [6.45, 7) is 12.1. The van der Waals surface area contributed by atoms with E-state index in [1.54, 1.807) is 0 Å². The number of rotatable bonds is 3. The van der Waals surface area contributed by atoms with Crippen LogP contribution in [0.3, 0.4) is 0 Å². The van der Waals surface area contributed by atoms with Gasteiger partial charge in [-0.05, 0) is 29.5 Å². The Morgan fingerprint density at radius 1 is 1.15 bits per heavy atom. The molecule has 1 fully saturated rings. The molecule has 0 unspecified atom stereocenters. The average molecular weight is 270 g/mol. The molecule has 1 saturated heterocycles. The van der Waals surface area contributed by atoms with Gasteiger partial charge in [-0.15, -0.1) is 0 Å². The maximum Gasteiger partial charge on any atom is 0.0606 e. The van der Waals surface area contributed by atoms with Crippen molar-refractivity contribution < 1.29 is 0 Å². The lowest BCUT2D eigenvalue weighted by Gasteiger charge is -2.24. The van der Waals surface area contributed by atoms with Crippen LogP contribution >= 0.6 is 0 Å². The fourth-order valence-corrected chi connectivity index (χ4v) is 2.33. The molecule has 2 rings (SSSR count). The molecule has 1 heterocycles. The second-order valence-electron chi connectivity index (χ2n) is 6.14. The maximum absolute atomic E-state index is 3.36. The molecule has 108 valence electrons. The number of nitrogens with zero attached hydrogens (tertiary/aromatic N) is 1. The average Bonchev–Trinajstić information content (AvgIpc) is 2.49. The van der Waals surface area contributed by atoms with Gasteiger partial charge < -0.3 is 5.32 Å². The number of nitrogens with one attached hydrogen (secondary N) is 1. The van der Waals surface area contributed by atoms with Crippen molar-refractivity contribution in [3.63, 3.8) is 0 Å². The lowest BCUT2D eigenvalue weighted by molar-refractivity contribution is 0.268. The summed E-state index contributed by atoms with van der Waals surface area (Å²) in [6.07, 6.45) is 1.15. The highest BCUT2D eigenvalue weighted by molar-refractivity contribution is 5.38. The van der Waals surface area contributed by atoms with Gasteiger partial charge in [0.15, 0.2) is 0 Å². The third-order valence-electron chi connectivity index (χ3n) is 4.30. The van der Waals surface area contributed by atoms with Gasteiger partial charge in [0.1, 0.15) is 0 Å². The van der Waals surface area contributed by atoms with Crippen molar-refractivity contribution in [1.29, 1.82) is 0 Å². The third kappa shape index (κ3) is 4.10. The van der Waals surface area contributed by atoms with Gasteiger partial charge in [0.2, 0.25) is 0 Å². The summed E-state index contributed by atoms with van der Waals surface area (Å²) in [7, 11) is 0. The molecular formula is C18H26N2. The molecule has 1 aromatic carbocycles. The van der Waals surface area contributed by atoms with E-state index < -0.39 is 0 Å². The molecular weight excluding hydrogens is 244 g/mol. The van der Waals surface area contributed by atoms with Gasteiger partial charge in [0, 0.05) is 31.7 Å². The van der Waals surface area contributed by atoms with E-state index in [1.165, 1.54) is 5.56 Å². The minimum atomic E-state index is 0.257. The highest BCUT2D eigenvalue weighted by Gasteiger charge is 2.17. The second-order valence-corrected chi connectivity index (χ2v) is 6.14. The van der Waals surface area contributed by atoms with Gasteiger partial charge >= 0.3 is 0 Å². The van der Waals surface area contributed by atoms with Crippen molar-refractivity contribution in [3.05, 3.63) is 35.4 Å². The Kier molecular flexibility index (Phi) is 5.23. The van der Waals surface area contributed by atoms with Crippen molar-refractivity contribution in [2.75, 3.05) is 32.7 Å². The van der Waals surface area contributed by atoms with Crippen molar-refractivity contribution in [1.82, 2.24) is 10.2 Å². The molecule has 1 aliphatic rings. The molecule has 0 atom stereocenters. The van der Waals surface area contributed by atoms with Crippen molar-refractivity contribution in [2.24, 2.45) is 0 Å². The molecule has 0 aromatic heterocycles. The summed E-state index contributed by atoms with van der Waals surface area (Å²) >= 11 is 0. The lowest BCUT2D eigenvalue weighted by Crippen LogP contribution is -2.43. The Balaban J connectivity index is 1.94. The first-order chi connectivity index (χ1) is 9.62. The molecule has 1 aromatic rings. The van der Waals surface area contributed by atoms with Crippen molar-refractivity contribution >= 4 is 0 Å². The SMILES string of the molecule is CCC(C)(C)c1ccc(C#CCN2CCNCC2)cc1. The molecule has 0 aliphatic carbocycles. The number of piperazine rings is 1. The van der Waals surface area contributed by atoms with Crippen LogP contribution in [0, 0.1) is 11.8 Å². The van der Waals surface area contributed by atoms with Gasteiger partial charge in [-0.2, -0.15) is 0 Å². The Labute approximate surface area is 123 Å². The second kappa shape index (κ2) is 6.92. The van der Waals surface area contributed by atoms with Gasteiger partial charge in [0.05, 0.1) is 6.54 Å². The van der Waals surface area contributed by atoms with E-state index >= 15 is 0 Å². The third-order valence-corrected chi connectivity index (χ3v) is 4.30. The summed E-state index contributed by atoms with van der Waals surface area (Å²) in [5.74, 6) is 6.57. The quantitative estimate of drug-likeness (QED) is 0.850. The van der Waals surface area contributed by atoms with Crippen LogP contribution in [0.4, 0.5) is 0 Å². The Morgan fingerprint density at radius 2 is 1.80 bits per heavy atom. The minimum Gasteiger partial charge on any atom is -0.314 e. The van der Waals surface area contributed by atoms with E-state index in [2.05, 4.69) is 67.1 Å². The predicted molar refractivity (Wildman–Crippen MR) is 85.9 cm³/mol. The minimum absolute atomic E-state index is 0.257. The summed E-state index contributed by atoms with van der Waals surface area (Å²) < 4.78 is 0. The van der Waals surface area contributed by atoms with E-state index in [0.717, 1.165) is 44.7 Å². The van der Waals surface area contributed by atoms with Crippen LogP contribution in [-0.2, 0) is 5.41 Å². The van der Waals surface area contributed by atoms with Gasteiger partial charge in [0.25, 0.3) is 0 Å². The van der Waals surface area contributed by atoms with Crippen LogP contribution in [0.25, 0.3) is 0 Å². The van der Waals surface area contributed by atoms with Crippen LogP contribution in [0.15, 0.2) is 24.3 Å². The number of benzene rings is 1. The fraction of sp³-hybridized carbons (Fsp3) is 0.556. The monoisotopic (exact) mass is 270 g/mol. The summed E-state index contributed by atoms with van der Waals surface area (Å²) in [4.78, 5) is 2.40. The maximum atomic E-state index is 3.36. The topological polar surface area (TPSA) is 15.3 Å². The summed E-state index contributed by atoms with van der Waals surface area (Å²) in [5.41, 5.74) is 2.77. The van der Waals surface area contributed by atoms with E-state index in [4.69, 9.17) is 0 Å². The zero-order chi connectivity index (χ0) is 14.4. The molecule has 2 nitrogen and oxygen atoms in total. The van der Waals surface area contributed by atoms with Gasteiger partial charge in [-0.25, -0.2) is 0 Å². The summed E-state index contributed by atoms with van der Waals surface area (Å²) in [6, 6.07) is 8.74. The first-order valence-electron chi connectivity index (χ1n) is 7.64. The molecule has 0 bridgehead atoms. The van der Waals surface area contributed by atoms with Gasteiger partial charge in [-0.1, -0.05) is 44.7 Å². The molecule has 1 N–H and O–H groups in total. The number of hydrogen-bond acceptors (Lipinski definition) is 2. The first kappa shape index (κ1) is 15.1. The molecule has 20 heavy (non-hydrogen) atoms. The Morgan fingerprint density at radius 3 is 2.40 bits per heavy atom. The van der Waals surface area contributed by atoms with Crippen molar-refractivity contribution in [3.8, 4) is 11.8 Å². The normalized spacial score (nSPS) is 16.6. The van der Waals surface area contributed by atoms with Crippen LogP contribution < -0.4 is 5.32 Å². The molecule has 1 aliphatic heterocycles. The standard InChI is InChI=1S/C18H26N2/c1-4-18(2,3)17-9-7-16(8-10-17)6-5-13-20-14-11-19-12-15-20/h7-10,19H,4,11-15H2,1-3H3. The van der Waals surface area contributed by atoms with E-state index in [0.29, 0.717) is 0 Å². The van der Waals surface area contributed by atoms with E-state index in [-0.39, 0.29) is 5.41 Å². The van der Waals surface area contributed by atoms with Crippen molar-refractivity contribution in [2.45, 2.75) is 32.6 Å². The molecule has 0 saturated carbocycles. The highest BCUT2D eigenvalue weighted by Crippen LogP contribution is 2.26. The van der Waals surface area contributed by atoms with Crippen LogP contribution in [0.2, 0.25) is 0 Å². The fourth-order valence-electron chi connectivity index (χ4n) is 2.33.